The van der Waals surface area contributed by atoms with Gasteiger partial charge >= 0.3 is 29.8 Å². The summed E-state index contributed by atoms with van der Waals surface area (Å²) in [6.45, 7) is 26.4. The van der Waals surface area contributed by atoms with Gasteiger partial charge in [0.25, 0.3) is 0 Å². The van der Waals surface area contributed by atoms with E-state index in [9.17, 15) is 24.0 Å². The molecule has 0 saturated carbocycles. The van der Waals surface area contributed by atoms with Crippen LogP contribution in [0.15, 0.2) is 42.5 Å². The molecule has 2 aromatic rings. The van der Waals surface area contributed by atoms with E-state index in [1.807, 2.05) is 30.3 Å². The van der Waals surface area contributed by atoms with Crippen LogP contribution in [0, 0.1) is 0 Å². The minimum absolute atomic E-state index is 0.332. The zero-order chi connectivity index (χ0) is 92.3. The zero-order valence-corrected chi connectivity index (χ0v) is 84.5. The Morgan fingerprint density at radius 2 is 0.369 bits per heavy atom. The van der Waals surface area contributed by atoms with Gasteiger partial charge in [0, 0.05) is 25.7 Å². The first-order valence-corrected chi connectivity index (χ1v) is 53.7. The maximum atomic E-state index is 10.6. The molecular weight excluding hydrogens is 1530 g/mol. The Morgan fingerprint density at radius 1 is 0.213 bits per heavy atom. The fraction of sp³-hybridized carbons (Fsp3) is 0.862. The molecule has 13 heteroatoms. The Labute approximate surface area is 766 Å². The summed E-state index contributed by atoms with van der Waals surface area (Å²) in [6, 6.07) is 12.8. The molecule has 0 aliphatic carbocycles. The number of unbranched alkanes of at least 4 members (excludes halogenated alkanes) is 67. The van der Waals surface area contributed by atoms with Gasteiger partial charge in [-0.25, -0.2) is 4.79 Å². The van der Waals surface area contributed by atoms with Crippen LogP contribution in [0.2, 0.25) is 0 Å². The van der Waals surface area contributed by atoms with Crippen molar-refractivity contribution in [1.82, 2.24) is 0 Å². The highest BCUT2D eigenvalue weighted by Crippen LogP contribution is 2.19. The highest BCUT2D eigenvalue weighted by Gasteiger charge is 2.04. The second kappa shape index (κ2) is 130. The molecule has 0 aromatic heterocycles. The van der Waals surface area contributed by atoms with Crippen LogP contribution < -0.4 is 11.5 Å². The first kappa shape index (κ1) is 134. The smallest absolute Gasteiger partial charge is 0.335 e. The molecule has 0 saturated heterocycles. The van der Waals surface area contributed by atoms with E-state index in [1.54, 1.807) is 12.1 Å². The molecule has 2 aromatic carbocycles. The predicted molar refractivity (Wildman–Crippen MR) is 545 cm³/mol. The molecule has 12 nitrogen and oxygen atoms in total. The lowest BCUT2D eigenvalue weighted by Gasteiger charge is -2.03. The molecule has 0 heterocycles. The summed E-state index contributed by atoms with van der Waals surface area (Å²) in [4.78, 5) is 51.3. The summed E-state index contributed by atoms with van der Waals surface area (Å²) >= 11 is 4.09. The van der Waals surface area contributed by atoms with Gasteiger partial charge in [0.2, 0.25) is 0 Å². The lowest BCUT2D eigenvalue weighted by Crippen LogP contribution is -1.97. The molecular formula is C109H216N2O10S. The molecule has 0 fully saturated rings. The van der Waals surface area contributed by atoms with Crippen molar-refractivity contribution < 1.29 is 49.5 Å². The fourth-order valence-electron chi connectivity index (χ4n) is 13.9. The Balaban J connectivity index is -0.000000200. The average molecular weight is 1750 g/mol. The normalized spacial score (nSPS) is 10.3. The number of carbonyl (C=O) groups is 5. The van der Waals surface area contributed by atoms with Crippen molar-refractivity contribution >= 4 is 53.2 Å². The number of carboxylic acids is 5. The van der Waals surface area contributed by atoms with Gasteiger partial charge in [-0.3, -0.25) is 19.2 Å². The van der Waals surface area contributed by atoms with Crippen molar-refractivity contribution in [1.29, 1.82) is 0 Å². The molecule has 728 valence electrons. The fourth-order valence-corrected chi connectivity index (χ4v) is 14.1. The maximum Gasteiger partial charge on any atom is 0.335 e. The molecule has 0 aliphatic rings. The second-order valence-corrected chi connectivity index (χ2v) is 35.2. The predicted octanol–water partition coefficient (Wildman–Crippen LogP) is 37.0. The van der Waals surface area contributed by atoms with Crippen LogP contribution in [0.3, 0.4) is 0 Å². The number of benzene rings is 2. The number of thiol groups is 1. The van der Waals surface area contributed by atoms with E-state index in [-0.39, 0.29) is 0 Å². The SMILES string of the molecule is CCCCCCC(=O)O.CCCCCCCCCCC(=O)O.CCCCCCCCCCCC.CCCCCCCCCCCC(=O)O.CCCCCCCCCCCCCCC.CCCCCCCCCCCCCCCCCC(=O)O.CCCCCCCCCCCN.CCCCCCN.CCCCCCS.O=C(O)c1ccc2ccccc2c1. The Morgan fingerprint density at radius 3 is 0.541 bits per heavy atom. The quantitative estimate of drug-likeness (QED) is 0.0228. The van der Waals surface area contributed by atoms with E-state index in [4.69, 9.17) is 37.0 Å². The highest BCUT2D eigenvalue weighted by molar-refractivity contribution is 7.80. The van der Waals surface area contributed by atoms with Crippen molar-refractivity contribution in [3.05, 3.63) is 48.0 Å². The molecule has 0 amide bonds. The van der Waals surface area contributed by atoms with Crippen molar-refractivity contribution in [3.8, 4) is 0 Å². The summed E-state index contributed by atoms with van der Waals surface area (Å²) in [6.07, 6.45) is 103. The number of aliphatic carboxylic acids is 4. The van der Waals surface area contributed by atoms with Gasteiger partial charge in [0.15, 0.2) is 0 Å². The van der Waals surface area contributed by atoms with Gasteiger partial charge in [0.05, 0.1) is 5.56 Å². The first-order valence-electron chi connectivity index (χ1n) is 53.0. The number of rotatable bonds is 79. The largest absolute Gasteiger partial charge is 0.481 e. The topological polar surface area (TPSA) is 239 Å². The third-order valence-corrected chi connectivity index (χ3v) is 22.3. The van der Waals surface area contributed by atoms with Crippen LogP contribution in [0.4, 0.5) is 0 Å². The minimum Gasteiger partial charge on any atom is -0.481 e. The van der Waals surface area contributed by atoms with Gasteiger partial charge < -0.3 is 37.0 Å². The van der Waals surface area contributed by atoms with Crippen molar-refractivity contribution in [3.63, 3.8) is 0 Å². The van der Waals surface area contributed by atoms with Crippen molar-refractivity contribution in [2.24, 2.45) is 11.5 Å². The molecule has 2 rings (SSSR count). The second-order valence-electron chi connectivity index (χ2n) is 34.7. The van der Waals surface area contributed by atoms with Crippen LogP contribution in [0.25, 0.3) is 10.8 Å². The number of hydrogen-bond acceptors (Lipinski definition) is 8. The monoisotopic (exact) mass is 1750 g/mol. The van der Waals surface area contributed by atoms with Crippen LogP contribution in [0.1, 0.15) is 600 Å². The number of nitrogens with two attached hydrogens (primary N) is 2. The van der Waals surface area contributed by atoms with Crippen molar-refractivity contribution in [2.75, 3.05) is 18.8 Å². The van der Waals surface area contributed by atoms with E-state index in [0.29, 0.717) is 31.2 Å². The lowest BCUT2D eigenvalue weighted by molar-refractivity contribution is -0.138. The van der Waals surface area contributed by atoms with Crippen LogP contribution in [-0.4, -0.2) is 74.2 Å². The molecule has 0 aliphatic heterocycles. The third-order valence-electron chi connectivity index (χ3n) is 22.0. The van der Waals surface area contributed by atoms with Crippen LogP contribution in [-0.2, 0) is 19.2 Å². The first-order chi connectivity index (χ1) is 59.4. The highest BCUT2D eigenvalue weighted by atomic mass is 32.1. The van der Waals surface area contributed by atoms with E-state index >= 15 is 0 Å². The van der Waals surface area contributed by atoms with Crippen LogP contribution >= 0.6 is 12.6 Å². The van der Waals surface area contributed by atoms with Gasteiger partial charge in [-0.05, 0) is 86.7 Å². The standard InChI is InChI=1S/C18H36O2.C15H32.C12H24O2.C12H26.C11H25N.C11H8O2.C11H22O2.C7H14O2.C6H15N.C6H14S/c1-2-3-4-5-6-7-8-9-10-11-12-13-14-15-16-17-18(19)20;1-3-5-7-9-11-13-15-14-12-10-8-6-4-2;1-2-3-4-5-6-7-8-9-10-11-12(13)14;1-3-5-7-9-11-12-10-8-6-4-2;1-2-3-4-5-6-7-8-9-10-11-12;12-11(13)10-6-5-8-3-1-2-4-9(8)7-10;1-2-3-4-5-6-7-8-9-10-11(12)13;1-2-3-4-5-6-7(8)9;2*1-2-3-4-5-6-7/h2-17H2,1H3,(H,19,20);3-15H2,1-2H3;2-11H2,1H3,(H,13,14);3-12H2,1-2H3;2-12H2,1H3;1-7H,(H,12,13);2-10H2,1H3,(H,12,13);2-6H2,1H3,(H,8,9);2-7H2,1H3;7H,2-6H2,1H3. The van der Waals surface area contributed by atoms with E-state index < -0.39 is 29.8 Å². The third kappa shape index (κ3) is 148. The summed E-state index contributed by atoms with van der Waals surface area (Å²) in [7, 11) is 0. The summed E-state index contributed by atoms with van der Waals surface area (Å²) in [5, 5.41) is 44.3. The number of carboxylic acid groups (broad SMARTS) is 5. The van der Waals surface area contributed by atoms with Gasteiger partial charge in [-0.1, -0.05) is 550 Å². The minimum atomic E-state index is -0.884. The average Bonchev–Trinajstić information content (AvgIpc) is 0.840. The molecule has 0 bridgehead atoms. The molecule has 0 radical (unpaired) electrons. The number of fused-ring (bicyclic) bond motifs is 1. The Kier molecular flexibility index (Phi) is 143. The number of hydrogen-bond donors (Lipinski definition) is 8. The molecule has 9 N–H and O–H groups in total. The summed E-state index contributed by atoms with van der Waals surface area (Å²) < 4.78 is 0. The van der Waals surface area contributed by atoms with Gasteiger partial charge in [0.1, 0.15) is 0 Å². The molecule has 0 atom stereocenters. The van der Waals surface area contributed by atoms with E-state index in [2.05, 4.69) is 88.8 Å². The Bertz CT molecular complexity index is 2150. The molecule has 122 heavy (non-hydrogen) atoms. The maximum absolute atomic E-state index is 10.6. The summed E-state index contributed by atoms with van der Waals surface area (Å²) in [5.41, 5.74) is 11.0. The lowest BCUT2D eigenvalue weighted by atomic mass is 10.0. The van der Waals surface area contributed by atoms with Gasteiger partial charge in [-0.2, -0.15) is 12.6 Å². The van der Waals surface area contributed by atoms with Crippen molar-refractivity contribution in [2.45, 2.75) is 590 Å². The van der Waals surface area contributed by atoms with Gasteiger partial charge in [-0.15, -0.1) is 0 Å². The zero-order valence-electron chi connectivity index (χ0n) is 83.6. The summed E-state index contributed by atoms with van der Waals surface area (Å²) in [5.74, 6) is -2.48. The molecule has 0 unspecified atom stereocenters. The van der Waals surface area contributed by atoms with E-state index in [0.717, 1.165) is 87.4 Å². The number of aromatic carboxylic acids is 1. The Hall–Kier alpha value is -3.68. The van der Waals surface area contributed by atoms with E-state index in [1.165, 1.54) is 430 Å². The van der Waals surface area contributed by atoms with Crippen LogP contribution in [0.5, 0.6) is 0 Å². The molecule has 0 spiro atoms.